The van der Waals surface area contributed by atoms with Gasteiger partial charge in [-0.1, -0.05) is 23.2 Å². The number of aliphatic hydroxyl groups excluding tert-OH is 1. The molecule has 13 heavy (non-hydrogen) atoms. The summed E-state index contributed by atoms with van der Waals surface area (Å²) in [5, 5.41) is 12.3. The van der Waals surface area contributed by atoms with Crippen LogP contribution in [-0.2, 0) is 0 Å². The quantitative estimate of drug-likeness (QED) is 0.762. The number of anilines is 1. The van der Waals surface area contributed by atoms with Crippen LogP contribution in [0.15, 0.2) is 6.07 Å². The second-order valence-corrected chi connectivity index (χ2v) is 3.34. The minimum atomic E-state index is -0.471. The van der Waals surface area contributed by atoms with E-state index in [1.54, 1.807) is 6.92 Å². The van der Waals surface area contributed by atoms with Crippen molar-refractivity contribution < 1.29 is 5.11 Å². The van der Waals surface area contributed by atoms with Crippen molar-refractivity contribution in [1.29, 1.82) is 0 Å². The normalized spacial score (nSPS) is 12.6. The summed E-state index contributed by atoms with van der Waals surface area (Å²) in [4.78, 5) is 7.71. The lowest BCUT2D eigenvalue weighted by Gasteiger charge is -2.06. The van der Waals surface area contributed by atoms with Crippen molar-refractivity contribution in [2.75, 3.05) is 11.9 Å². The van der Waals surface area contributed by atoms with Gasteiger partial charge in [0.25, 0.3) is 0 Å². The third-order valence-electron chi connectivity index (χ3n) is 1.22. The average Bonchev–Trinajstić information content (AvgIpc) is 1.99. The van der Waals surface area contributed by atoms with E-state index >= 15 is 0 Å². The number of hydrogen-bond donors (Lipinski definition) is 2. The van der Waals surface area contributed by atoms with Crippen molar-refractivity contribution in [2.24, 2.45) is 0 Å². The fourth-order valence-corrected chi connectivity index (χ4v) is 1.13. The smallest absolute Gasteiger partial charge is 0.225 e. The van der Waals surface area contributed by atoms with E-state index in [-0.39, 0.29) is 10.3 Å². The molecule has 0 radical (unpaired) electrons. The maximum Gasteiger partial charge on any atom is 0.225 e. The van der Waals surface area contributed by atoms with Gasteiger partial charge in [0.15, 0.2) is 0 Å². The molecule has 0 amide bonds. The Kier molecular flexibility index (Phi) is 3.71. The third kappa shape index (κ3) is 3.76. The highest BCUT2D eigenvalue weighted by Gasteiger charge is 2.02. The van der Waals surface area contributed by atoms with Gasteiger partial charge < -0.3 is 10.4 Å². The molecule has 0 spiro atoms. The molecule has 1 unspecified atom stereocenters. The van der Waals surface area contributed by atoms with Crippen LogP contribution in [0.4, 0.5) is 5.95 Å². The first-order valence-electron chi connectivity index (χ1n) is 3.70. The zero-order valence-electron chi connectivity index (χ0n) is 6.96. The van der Waals surface area contributed by atoms with Crippen LogP contribution in [0.5, 0.6) is 0 Å². The van der Waals surface area contributed by atoms with E-state index < -0.39 is 6.10 Å². The highest BCUT2D eigenvalue weighted by Crippen LogP contribution is 2.13. The molecule has 1 atom stereocenters. The first-order valence-corrected chi connectivity index (χ1v) is 4.45. The lowest BCUT2D eigenvalue weighted by Crippen LogP contribution is -2.16. The topological polar surface area (TPSA) is 58.0 Å². The second kappa shape index (κ2) is 4.60. The van der Waals surface area contributed by atoms with Crippen molar-refractivity contribution in [2.45, 2.75) is 13.0 Å². The monoisotopic (exact) mass is 221 g/mol. The number of hydrogen-bond acceptors (Lipinski definition) is 4. The standard InChI is InChI=1S/C7H9Cl2N3O/c1-4(13)3-10-7-11-5(8)2-6(9)12-7/h2,4,13H,3H2,1H3,(H,10,11,12). The number of rotatable bonds is 3. The molecular formula is C7H9Cl2N3O. The Balaban J connectivity index is 2.66. The van der Waals surface area contributed by atoms with Crippen LogP contribution in [0, 0.1) is 0 Å². The summed E-state index contributed by atoms with van der Waals surface area (Å²) >= 11 is 11.3. The Morgan fingerprint density at radius 1 is 1.46 bits per heavy atom. The van der Waals surface area contributed by atoms with Crippen LogP contribution in [0.25, 0.3) is 0 Å². The van der Waals surface area contributed by atoms with E-state index in [9.17, 15) is 0 Å². The van der Waals surface area contributed by atoms with Crippen LogP contribution in [0.3, 0.4) is 0 Å². The van der Waals surface area contributed by atoms with E-state index in [4.69, 9.17) is 28.3 Å². The van der Waals surface area contributed by atoms with Gasteiger partial charge in [0, 0.05) is 12.6 Å². The summed E-state index contributed by atoms with van der Waals surface area (Å²) in [5.74, 6) is 0.318. The number of aromatic nitrogens is 2. The van der Waals surface area contributed by atoms with Crippen molar-refractivity contribution >= 4 is 29.2 Å². The Bertz CT molecular complexity index is 273. The second-order valence-electron chi connectivity index (χ2n) is 2.57. The molecule has 0 saturated heterocycles. The molecule has 1 aromatic heterocycles. The van der Waals surface area contributed by atoms with E-state index in [1.165, 1.54) is 6.07 Å². The SMILES string of the molecule is CC(O)CNc1nc(Cl)cc(Cl)n1. The molecule has 0 aromatic carbocycles. The zero-order valence-corrected chi connectivity index (χ0v) is 8.47. The van der Waals surface area contributed by atoms with Crippen molar-refractivity contribution in [3.8, 4) is 0 Å². The number of nitrogens with one attached hydrogen (secondary N) is 1. The molecule has 0 aliphatic rings. The zero-order chi connectivity index (χ0) is 9.84. The molecule has 0 saturated carbocycles. The van der Waals surface area contributed by atoms with Crippen LogP contribution in [0.1, 0.15) is 6.92 Å². The molecular weight excluding hydrogens is 213 g/mol. The Hall–Kier alpha value is -0.580. The Morgan fingerprint density at radius 2 is 2.00 bits per heavy atom. The summed E-state index contributed by atoms with van der Waals surface area (Å²) in [7, 11) is 0. The summed E-state index contributed by atoms with van der Waals surface area (Å²) in [6.07, 6.45) is -0.471. The molecule has 1 rings (SSSR count). The largest absolute Gasteiger partial charge is 0.392 e. The van der Waals surface area contributed by atoms with Gasteiger partial charge in [-0.2, -0.15) is 0 Å². The Morgan fingerprint density at radius 3 is 2.46 bits per heavy atom. The number of halogens is 2. The summed E-state index contributed by atoms with van der Waals surface area (Å²) in [6.45, 7) is 2.01. The average molecular weight is 222 g/mol. The summed E-state index contributed by atoms with van der Waals surface area (Å²) < 4.78 is 0. The molecule has 1 heterocycles. The lowest BCUT2D eigenvalue weighted by molar-refractivity contribution is 0.208. The molecule has 1 aromatic rings. The van der Waals surface area contributed by atoms with Crippen molar-refractivity contribution in [3.63, 3.8) is 0 Å². The predicted octanol–water partition coefficient (Wildman–Crippen LogP) is 1.58. The van der Waals surface area contributed by atoms with Crippen molar-refractivity contribution in [1.82, 2.24) is 9.97 Å². The van der Waals surface area contributed by atoms with E-state index in [1.807, 2.05) is 0 Å². The maximum atomic E-state index is 8.97. The molecule has 6 heteroatoms. The van der Waals surface area contributed by atoms with Gasteiger partial charge >= 0.3 is 0 Å². The van der Waals surface area contributed by atoms with Gasteiger partial charge in [0.2, 0.25) is 5.95 Å². The minimum Gasteiger partial charge on any atom is -0.392 e. The molecule has 0 fully saturated rings. The van der Waals surface area contributed by atoms with Gasteiger partial charge in [-0.25, -0.2) is 9.97 Å². The Labute approximate surface area is 85.9 Å². The fourth-order valence-electron chi connectivity index (χ4n) is 0.708. The lowest BCUT2D eigenvalue weighted by atomic mass is 10.4. The van der Waals surface area contributed by atoms with Crippen LogP contribution >= 0.6 is 23.2 Å². The number of nitrogens with zero attached hydrogens (tertiary/aromatic N) is 2. The first kappa shape index (κ1) is 10.5. The van der Waals surface area contributed by atoms with Gasteiger partial charge in [-0.15, -0.1) is 0 Å². The number of aliphatic hydroxyl groups is 1. The summed E-state index contributed by atoms with van der Waals surface area (Å²) in [6, 6.07) is 1.44. The first-order chi connectivity index (χ1) is 6.08. The fraction of sp³-hybridized carbons (Fsp3) is 0.429. The van der Waals surface area contributed by atoms with Gasteiger partial charge in [0.1, 0.15) is 10.3 Å². The molecule has 0 aliphatic carbocycles. The van der Waals surface area contributed by atoms with E-state index in [0.29, 0.717) is 12.5 Å². The highest BCUT2D eigenvalue weighted by molar-refractivity contribution is 6.33. The van der Waals surface area contributed by atoms with Gasteiger partial charge in [-0.05, 0) is 6.92 Å². The minimum absolute atomic E-state index is 0.271. The third-order valence-corrected chi connectivity index (χ3v) is 1.61. The van der Waals surface area contributed by atoms with E-state index in [0.717, 1.165) is 0 Å². The molecule has 0 bridgehead atoms. The van der Waals surface area contributed by atoms with Gasteiger partial charge in [-0.3, -0.25) is 0 Å². The molecule has 72 valence electrons. The van der Waals surface area contributed by atoms with E-state index in [2.05, 4.69) is 15.3 Å². The van der Waals surface area contributed by atoms with Crippen LogP contribution in [-0.4, -0.2) is 27.7 Å². The predicted molar refractivity (Wildman–Crippen MR) is 52.2 cm³/mol. The molecule has 0 aliphatic heterocycles. The van der Waals surface area contributed by atoms with Gasteiger partial charge in [0.05, 0.1) is 6.10 Å². The molecule has 2 N–H and O–H groups in total. The van der Waals surface area contributed by atoms with Crippen molar-refractivity contribution in [3.05, 3.63) is 16.4 Å². The molecule has 4 nitrogen and oxygen atoms in total. The maximum absolute atomic E-state index is 8.97. The highest BCUT2D eigenvalue weighted by atomic mass is 35.5. The van der Waals surface area contributed by atoms with Crippen LogP contribution in [0.2, 0.25) is 10.3 Å². The summed E-state index contributed by atoms with van der Waals surface area (Å²) in [5.41, 5.74) is 0. The van der Waals surface area contributed by atoms with Crippen LogP contribution < -0.4 is 5.32 Å².